The normalized spacial score (nSPS) is 12.1. The second-order valence-corrected chi connectivity index (χ2v) is 11.7. The van der Waals surface area contributed by atoms with Crippen molar-refractivity contribution in [3.63, 3.8) is 0 Å². The van der Waals surface area contributed by atoms with Crippen LogP contribution in [0.25, 0.3) is 0 Å². The van der Waals surface area contributed by atoms with Crippen LogP contribution in [-0.2, 0) is 26.2 Å². The van der Waals surface area contributed by atoms with Gasteiger partial charge in [0, 0.05) is 28.7 Å². The number of sulfonamides is 1. The number of likely N-dealkylation sites (N-methyl/N-ethyl adjacent to an activating group) is 1. The predicted molar refractivity (Wildman–Crippen MR) is 152 cm³/mol. The molecule has 2 amide bonds. The van der Waals surface area contributed by atoms with E-state index in [9.17, 15) is 18.0 Å². The van der Waals surface area contributed by atoms with Gasteiger partial charge in [-0.3, -0.25) is 13.9 Å². The number of amides is 2. The Morgan fingerprint density at radius 2 is 1.61 bits per heavy atom. The maximum atomic E-state index is 13.9. The van der Waals surface area contributed by atoms with Crippen molar-refractivity contribution in [2.75, 3.05) is 17.9 Å². The van der Waals surface area contributed by atoms with Gasteiger partial charge < -0.3 is 10.2 Å². The van der Waals surface area contributed by atoms with Crippen molar-refractivity contribution in [2.45, 2.75) is 37.8 Å². The van der Waals surface area contributed by atoms with Crippen LogP contribution in [0.5, 0.6) is 0 Å². The monoisotopic (exact) mass is 595 g/mol. The van der Waals surface area contributed by atoms with Gasteiger partial charge in [-0.15, -0.1) is 0 Å². The van der Waals surface area contributed by atoms with E-state index < -0.39 is 28.5 Å². The van der Waals surface area contributed by atoms with Gasteiger partial charge in [-0.2, -0.15) is 0 Å². The minimum Gasteiger partial charge on any atom is -0.357 e. The number of carbonyl (C=O) groups excluding carboxylic acids is 2. The maximum absolute atomic E-state index is 13.9. The molecule has 0 heterocycles. The Labute approximate surface area is 238 Å². The second kappa shape index (κ2) is 12.8. The zero-order valence-corrected chi connectivity index (χ0v) is 24.2. The molecule has 1 N–H and O–H groups in total. The number of carbonyl (C=O) groups is 2. The first kappa shape index (κ1) is 29.8. The van der Waals surface area contributed by atoms with Gasteiger partial charge in [0.2, 0.25) is 11.8 Å². The summed E-state index contributed by atoms with van der Waals surface area (Å²) in [7, 11) is -2.70. The standard InChI is InChI=1S/C27H28Cl3N3O4S/c1-4-25(27(35)31-3)32(16-19-8-9-21(29)15-24(19)30)26(34)17-33(22-7-5-6-18(2)14-22)38(36,37)23-12-10-20(28)11-13-23/h5-15,25H,4,16-17H2,1-3H3,(H,31,35)/t25-/m1/s1. The summed E-state index contributed by atoms with van der Waals surface area (Å²) in [5.74, 6) is -0.959. The topological polar surface area (TPSA) is 86.8 Å². The summed E-state index contributed by atoms with van der Waals surface area (Å²) in [5, 5.41) is 3.71. The molecule has 0 radical (unpaired) electrons. The lowest BCUT2D eigenvalue weighted by Crippen LogP contribution is -2.51. The van der Waals surface area contributed by atoms with E-state index >= 15 is 0 Å². The molecule has 0 aromatic heterocycles. The third-order valence-corrected chi connectivity index (χ3v) is 8.59. The van der Waals surface area contributed by atoms with Crippen LogP contribution in [-0.4, -0.2) is 44.8 Å². The summed E-state index contributed by atoms with van der Waals surface area (Å²) in [5.41, 5.74) is 1.69. The highest BCUT2D eigenvalue weighted by atomic mass is 35.5. The Balaban J connectivity index is 2.08. The highest BCUT2D eigenvalue weighted by molar-refractivity contribution is 7.92. The van der Waals surface area contributed by atoms with Crippen LogP contribution in [0.15, 0.2) is 71.6 Å². The predicted octanol–water partition coefficient (Wildman–Crippen LogP) is 5.70. The number of nitrogens with zero attached hydrogens (tertiary/aromatic N) is 2. The fourth-order valence-corrected chi connectivity index (χ4v) is 5.97. The molecule has 0 spiro atoms. The first-order valence-corrected chi connectivity index (χ1v) is 14.3. The Kier molecular flexibility index (Phi) is 10.1. The number of aryl methyl sites for hydroxylation is 1. The van der Waals surface area contributed by atoms with Gasteiger partial charge in [-0.25, -0.2) is 8.42 Å². The highest BCUT2D eigenvalue weighted by Gasteiger charge is 2.33. The van der Waals surface area contributed by atoms with Crippen molar-refractivity contribution in [1.29, 1.82) is 0 Å². The molecule has 0 saturated heterocycles. The van der Waals surface area contributed by atoms with Gasteiger partial charge >= 0.3 is 0 Å². The molecular weight excluding hydrogens is 569 g/mol. The summed E-state index contributed by atoms with van der Waals surface area (Å²) >= 11 is 18.4. The molecule has 3 rings (SSSR count). The van der Waals surface area contributed by atoms with Crippen molar-refractivity contribution in [3.05, 3.63) is 92.9 Å². The average molecular weight is 597 g/mol. The third-order valence-electron chi connectivity index (χ3n) is 5.96. The summed E-state index contributed by atoms with van der Waals surface area (Å²) in [6, 6.07) is 16.5. The van der Waals surface area contributed by atoms with Crippen LogP contribution in [0.3, 0.4) is 0 Å². The highest BCUT2D eigenvalue weighted by Crippen LogP contribution is 2.28. The molecule has 202 valence electrons. The van der Waals surface area contributed by atoms with Crippen molar-refractivity contribution in [2.24, 2.45) is 0 Å². The van der Waals surface area contributed by atoms with Crippen molar-refractivity contribution >= 4 is 62.3 Å². The van der Waals surface area contributed by atoms with Crippen LogP contribution in [0, 0.1) is 6.92 Å². The van der Waals surface area contributed by atoms with Crippen LogP contribution in [0.4, 0.5) is 5.69 Å². The largest absolute Gasteiger partial charge is 0.357 e. The molecule has 0 bridgehead atoms. The Morgan fingerprint density at radius 3 is 2.18 bits per heavy atom. The molecule has 0 fully saturated rings. The number of rotatable bonds is 10. The molecule has 38 heavy (non-hydrogen) atoms. The molecular formula is C27H28Cl3N3O4S. The summed E-state index contributed by atoms with van der Waals surface area (Å²) in [6.07, 6.45) is 0.297. The van der Waals surface area contributed by atoms with E-state index in [-0.39, 0.29) is 17.3 Å². The van der Waals surface area contributed by atoms with Crippen LogP contribution in [0.2, 0.25) is 15.1 Å². The zero-order chi connectivity index (χ0) is 28.0. The summed E-state index contributed by atoms with van der Waals surface area (Å²) in [6.45, 7) is 3.02. The Hall–Kier alpha value is -2.78. The van der Waals surface area contributed by atoms with Crippen LogP contribution < -0.4 is 9.62 Å². The summed E-state index contributed by atoms with van der Waals surface area (Å²) in [4.78, 5) is 28.0. The first-order chi connectivity index (χ1) is 18.0. The maximum Gasteiger partial charge on any atom is 0.264 e. The van der Waals surface area contributed by atoms with Gasteiger partial charge in [0.25, 0.3) is 10.0 Å². The van der Waals surface area contributed by atoms with E-state index in [1.807, 2.05) is 13.0 Å². The molecule has 0 aliphatic heterocycles. The van der Waals surface area contributed by atoms with E-state index in [0.717, 1.165) is 9.87 Å². The van der Waals surface area contributed by atoms with Crippen molar-refractivity contribution in [1.82, 2.24) is 10.2 Å². The molecule has 0 aliphatic rings. The molecule has 7 nitrogen and oxygen atoms in total. The lowest BCUT2D eigenvalue weighted by molar-refractivity contribution is -0.140. The number of hydrogen-bond donors (Lipinski definition) is 1. The van der Waals surface area contributed by atoms with Crippen LogP contribution >= 0.6 is 34.8 Å². The quantitative estimate of drug-likeness (QED) is 0.325. The van der Waals surface area contributed by atoms with E-state index in [4.69, 9.17) is 34.8 Å². The van der Waals surface area contributed by atoms with E-state index in [1.54, 1.807) is 43.3 Å². The number of benzene rings is 3. The fourth-order valence-electron chi connectivity index (χ4n) is 3.97. The van der Waals surface area contributed by atoms with Gasteiger partial charge in [0.15, 0.2) is 0 Å². The minimum absolute atomic E-state index is 0.0244. The number of anilines is 1. The molecule has 11 heteroatoms. The van der Waals surface area contributed by atoms with E-state index in [1.165, 1.54) is 36.2 Å². The SMILES string of the molecule is CC[C@H](C(=O)NC)N(Cc1ccc(Cl)cc1Cl)C(=O)CN(c1cccc(C)c1)S(=O)(=O)c1ccc(Cl)cc1. The first-order valence-electron chi connectivity index (χ1n) is 11.8. The smallest absolute Gasteiger partial charge is 0.264 e. The number of hydrogen-bond acceptors (Lipinski definition) is 4. The van der Waals surface area contributed by atoms with Gasteiger partial charge in [-0.05, 0) is 73.0 Å². The van der Waals surface area contributed by atoms with E-state index in [2.05, 4.69) is 5.32 Å². The lowest BCUT2D eigenvalue weighted by Gasteiger charge is -2.33. The molecule has 3 aromatic carbocycles. The number of nitrogens with one attached hydrogen (secondary N) is 1. The molecule has 0 unspecified atom stereocenters. The number of halogens is 3. The van der Waals surface area contributed by atoms with Gasteiger partial charge in [-0.1, -0.05) is 59.9 Å². The zero-order valence-electron chi connectivity index (χ0n) is 21.1. The average Bonchev–Trinajstić information content (AvgIpc) is 2.88. The lowest BCUT2D eigenvalue weighted by atomic mass is 10.1. The minimum atomic E-state index is -4.18. The van der Waals surface area contributed by atoms with Crippen molar-refractivity contribution in [3.8, 4) is 0 Å². The van der Waals surface area contributed by atoms with Crippen LogP contribution in [0.1, 0.15) is 24.5 Å². The Bertz CT molecular complexity index is 1420. The van der Waals surface area contributed by atoms with Gasteiger partial charge in [0.05, 0.1) is 10.6 Å². The molecule has 1 atom stereocenters. The second-order valence-electron chi connectivity index (χ2n) is 8.60. The third kappa shape index (κ3) is 6.99. The Morgan fingerprint density at radius 1 is 0.947 bits per heavy atom. The molecule has 0 aliphatic carbocycles. The van der Waals surface area contributed by atoms with Gasteiger partial charge in [0.1, 0.15) is 12.6 Å². The molecule has 3 aromatic rings. The summed E-state index contributed by atoms with van der Waals surface area (Å²) < 4.78 is 28.6. The molecule has 0 saturated carbocycles. The van der Waals surface area contributed by atoms with E-state index in [0.29, 0.717) is 32.7 Å². The van der Waals surface area contributed by atoms with Crippen molar-refractivity contribution < 1.29 is 18.0 Å². The fraction of sp³-hybridized carbons (Fsp3) is 0.259.